The summed E-state index contributed by atoms with van der Waals surface area (Å²) in [5, 5.41) is 25.1. The zero-order valence-corrected chi connectivity index (χ0v) is 19.6. The summed E-state index contributed by atoms with van der Waals surface area (Å²) in [5.74, 6) is 1.58. The molecule has 1 aromatic heterocycles. The molecule has 3 aromatic rings. The van der Waals surface area contributed by atoms with Crippen LogP contribution in [-0.4, -0.2) is 41.0 Å². The highest BCUT2D eigenvalue weighted by atomic mass is 35.5. The van der Waals surface area contributed by atoms with Crippen LogP contribution in [0.1, 0.15) is 36.8 Å². The Bertz CT molecular complexity index is 1220. The van der Waals surface area contributed by atoms with E-state index in [0.717, 1.165) is 77.9 Å². The number of hydrogen-bond donors (Lipinski definition) is 2. The molecule has 5 rings (SSSR count). The lowest BCUT2D eigenvalue weighted by Crippen LogP contribution is -2.49. The summed E-state index contributed by atoms with van der Waals surface area (Å²) in [6.45, 7) is 12.0. The quantitative estimate of drug-likeness (QED) is 0.488. The van der Waals surface area contributed by atoms with Gasteiger partial charge in [-0.15, -0.1) is 10.2 Å². The minimum Gasteiger partial charge on any atom is -0.393 e. The maximum absolute atomic E-state index is 9.77. The van der Waals surface area contributed by atoms with Gasteiger partial charge in [0.2, 0.25) is 0 Å². The van der Waals surface area contributed by atoms with E-state index in [-0.39, 0.29) is 6.10 Å². The Labute approximate surface area is 199 Å². The van der Waals surface area contributed by atoms with Crippen LogP contribution in [0.5, 0.6) is 0 Å². The normalized spacial score (nSPS) is 17.7. The monoisotopic (exact) mass is 461 g/mol. The number of rotatable bonds is 5. The number of anilines is 2. The molecular formula is C26H28ClN5O. The van der Waals surface area contributed by atoms with Crippen molar-refractivity contribution in [2.24, 2.45) is 5.41 Å². The van der Waals surface area contributed by atoms with Gasteiger partial charge in [0.15, 0.2) is 17.3 Å². The highest BCUT2D eigenvalue weighted by Crippen LogP contribution is 2.49. The van der Waals surface area contributed by atoms with E-state index in [4.69, 9.17) is 18.2 Å². The summed E-state index contributed by atoms with van der Waals surface area (Å²) in [5.41, 5.74) is 3.15. The topological polar surface area (TPSA) is 65.6 Å². The number of hydrogen-bond acceptors (Lipinski definition) is 5. The first-order valence-corrected chi connectivity index (χ1v) is 11.9. The van der Waals surface area contributed by atoms with Gasteiger partial charge in [0.25, 0.3) is 0 Å². The molecule has 0 unspecified atom stereocenters. The Kier molecular flexibility index (Phi) is 5.86. The lowest BCUT2D eigenvalue weighted by atomic mass is 9.61. The van der Waals surface area contributed by atoms with Gasteiger partial charge in [-0.2, -0.15) is 0 Å². The molecule has 0 amide bonds. The first kappa shape index (κ1) is 21.9. The number of piperidine rings is 1. The largest absolute Gasteiger partial charge is 0.393 e. The van der Waals surface area contributed by atoms with E-state index >= 15 is 0 Å². The van der Waals surface area contributed by atoms with E-state index in [1.165, 1.54) is 0 Å². The molecule has 1 spiro atoms. The zero-order valence-electron chi connectivity index (χ0n) is 18.8. The fourth-order valence-corrected chi connectivity index (χ4v) is 5.42. The van der Waals surface area contributed by atoms with Crippen molar-refractivity contribution < 1.29 is 5.11 Å². The minimum atomic E-state index is -0.120. The third-order valence-corrected chi connectivity index (χ3v) is 7.68. The van der Waals surface area contributed by atoms with Crippen molar-refractivity contribution in [3.63, 3.8) is 0 Å². The van der Waals surface area contributed by atoms with Crippen LogP contribution in [0.15, 0.2) is 36.4 Å². The Morgan fingerprint density at radius 2 is 1.94 bits per heavy atom. The fraction of sp³-hybridized carbons (Fsp3) is 0.423. The summed E-state index contributed by atoms with van der Waals surface area (Å²) in [7, 11) is 0. The molecule has 2 heterocycles. The molecule has 1 saturated heterocycles. The van der Waals surface area contributed by atoms with Gasteiger partial charge in [-0.1, -0.05) is 35.9 Å². The number of benzene rings is 2. The predicted molar refractivity (Wildman–Crippen MR) is 133 cm³/mol. The third-order valence-electron chi connectivity index (χ3n) is 7.28. The molecule has 0 atom stereocenters. The second kappa shape index (κ2) is 8.81. The van der Waals surface area contributed by atoms with Gasteiger partial charge >= 0.3 is 0 Å². The van der Waals surface area contributed by atoms with Crippen molar-refractivity contribution in [3.8, 4) is 0 Å². The Hall–Kier alpha value is -2.88. The summed E-state index contributed by atoms with van der Waals surface area (Å²) >= 11 is 6.26. The Morgan fingerprint density at radius 1 is 1.15 bits per heavy atom. The van der Waals surface area contributed by atoms with Crippen molar-refractivity contribution in [2.45, 2.75) is 45.1 Å². The van der Waals surface area contributed by atoms with Crippen molar-refractivity contribution >= 4 is 39.7 Å². The predicted octanol–water partition coefficient (Wildman–Crippen LogP) is 5.54. The van der Waals surface area contributed by atoms with E-state index in [1.54, 1.807) is 0 Å². The Morgan fingerprint density at radius 3 is 2.64 bits per heavy atom. The molecule has 1 aliphatic heterocycles. The molecule has 2 aromatic carbocycles. The van der Waals surface area contributed by atoms with Gasteiger partial charge in [-0.05, 0) is 67.7 Å². The number of fused-ring (bicyclic) bond motifs is 1. The smallest absolute Gasteiger partial charge is 0.188 e. The van der Waals surface area contributed by atoms with Crippen molar-refractivity contribution in [1.29, 1.82) is 0 Å². The number of nitrogens with one attached hydrogen (secondary N) is 1. The van der Waals surface area contributed by atoms with E-state index in [0.29, 0.717) is 23.5 Å². The molecule has 170 valence electrons. The first-order chi connectivity index (χ1) is 16.0. The van der Waals surface area contributed by atoms with Crippen LogP contribution in [0.2, 0.25) is 5.02 Å². The molecule has 7 heteroatoms. The highest BCUT2D eigenvalue weighted by Gasteiger charge is 2.45. The Balaban J connectivity index is 1.36. The standard InChI is InChI=1S/C26H28ClN5O/c1-17-3-4-18(13-23(17)27)7-10-29-24-22-14-19(28-2)5-6-21(22)25(31-30-24)32-11-8-26(9-12-32)15-20(33)16-26/h3-6,13-14,20,33H,7-12,15-16H2,1H3,(H,29,30). The zero-order chi connectivity index (χ0) is 23.0. The number of aromatic nitrogens is 2. The van der Waals surface area contributed by atoms with Crippen molar-refractivity contribution in [2.75, 3.05) is 29.9 Å². The van der Waals surface area contributed by atoms with Crippen LogP contribution in [0.4, 0.5) is 17.3 Å². The van der Waals surface area contributed by atoms with Gasteiger partial charge in [0.1, 0.15) is 0 Å². The molecule has 2 aliphatic rings. The summed E-state index contributed by atoms with van der Waals surface area (Å²) in [6, 6.07) is 11.9. The minimum absolute atomic E-state index is 0.120. The van der Waals surface area contributed by atoms with E-state index in [1.807, 2.05) is 37.3 Å². The molecule has 1 aliphatic carbocycles. The molecule has 0 radical (unpaired) electrons. The molecular weight excluding hydrogens is 434 g/mol. The number of aryl methyl sites for hydroxylation is 1. The average molecular weight is 462 g/mol. The third kappa shape index (κ3) is 4.36. The van der Waals surface area contributed by atoms with Crippen LogP contribution in [0.3, 0.4) is 0 Å². The van der Waals surface area contributed by atoms with Crippen LogP contribution in [-0.2, 0) is 6.42 Å². The summed E-state index contributed by atoms with van der Waals surface area (Å²) in [4.78, 5) is 5.92. The lowest BCUT2D eigenvalue weighted by Gasteiger charge is -2.50. The van der Waals surface area contributed by atoms with E-state index < -0.39 is 0 Å². The maximum Gasteiger partial charge on any atom is 0.188 e. The summed E-state index contributed by atoms with van der Waals surface area (Å²) < 4.78 is 0. The number of halogens is 1. The van der Waals surface area contributed by atoms with Gasteiger partial charge in [-0.25, -0.2) is 4.85 Å². The van der Waals surface area contributed by atoms with Crippen molar-refractivity contribution in [3.05, 3.63) is 64.0 Å². The van der Waals surface area contributed by atoms with Crippen LogP contribution >= 0.6 is 11.6 Å². The van der Waals surface area contributed by atoms with Gasteiger partial charge in [0, 0.05) is 35.4 Å². The van der Waals surface area contributed by atoms with Crippen LogP contribution < -0.4 is 10.2 Å². The first-order valence-electron chi connectivity index (χ1n) is 11.6. The maximum atomic E-state index is 9.77. The molecule has 1 saturated carbocycles. The highest BCUT2D eigenvalue weighted by molar-refractivity contribution is 6.31. The lowest BCUT2D eigenvalue weighted by molar-refractivity contribution is -0.0464. The molecule has 0 bridgehead atoms. The van der Waals surface area contributed by atoms with Gasteiger partial charge in [-0.3, -0.25) is 0 Å². The fourth-order valence-electron chi connectivity index (χ4n) is 5.22. The number of aliphatic hydroxyl groups is 1. The molecule has 6 nitrogen and oxygen atoms in total. The second-order valence-corrected chi connectivity index (χ2v) is 9.93. The number of nitrogens with zero attached hydrogens (tertiary/aromatic N) is 4. The van der Waals surface area contributed by atoms with Gasteiger partial charge in [0.05, 0.1) is 12.7 Å². The molecule has 2 N–H and O–H groups in total. The molecule has 2 fully saturated rings. The molecule has 33 heavy (non-hydrogen) atoms. The van der Waals surface area contributed by atoms with Gasteiger partial charge < -0.3 is 15.3 Å². The van der Waals surface area contributed by atoms with Crippen LogP contribution in [0.25, 0.3) is 15.6 Å². The van der Waals surface area contributed by atoms with Crippen LogP contribution in [0, 0.1) is 18.9 Å². The summed E-state index contributed by atoms with van der Waals surface area (Å²) in [6.07, 6.45) is 4.70. The van der Waals surface area contributed by atoms with Crippen molar-refractivity contribution in [1.82, 2.24) is 10.2 Å². The van der Waals surface area contributed by atoms with E-state index in [9.17, 15) is 5.11 Å². The number of aliphatic hydroxyl groups excluding tert-OH is 1. The average Bonchev–Trinajstić information content (AvgIpc) is 2.81. The van der Waals surface area contributed by atoms with E-state index in [2.05, 4.69) is 31.3 Å². The SMILES string of the molecule is [C-]#[N+]c1ccc2c(N3CCC4(CC3)CC(O)C4)nnc(NCCc3ccc(C)c(Cl)c3)c2c1. The second-order valence-electron chi connectivity index (χ2n) is 9.52.